The lowest BCUT2D eigenvalue weighted by Crippen LogP contribution is -2.43. The molecular weight excluding hydrogens is 346 g/mol. The summed E-state index contributed by atoms with van der Waals surface area (Å²) in [5, 5.41) is 12.1. The third-order valence-electron chi connectivity index (χ3n) is 4.30. The molecule has 1 heterocycles. The first-order valence-electron chi connectivity index (χ1n) is 8.89. The van der Waals surface area contributed by atoms with E-state index in [0.29, 0.717) is 29.3 Å². The van der Waals surface area contributed by atoms with Crippen LogP contribution >= 0.6 is 0 Å². The normalized spacial score (nSPS) is 15.4. The topological polar surface area (TPSA) is 90.2 Å². The molecule has 0 saturated carbocycles. The van der Waals surface area contributed by atoms with E-state index in [1.54, 1.807) is 37.5 Å². The van der Waals surface area contributed by atoms with Gasteiger partial charge in [0.25, 0.3) is 0 Å². The molecule has 0 aliphatic carbocycles. The molecule has 2 rings (SSSR count). The predicted molar refractivity (Wildman–Crippen MR) is 104 cm³/mol. The van der Waals surface area contributed by atoms with Gasteiger partial charge < -0.3 is 19.7 Å². The first-order chi connectivity index (χ1) is 13.0. The predicted octanol–water partition coefficient (Wildman–Crippen LogP) is 1.38. The van der Waals surface area contributed by atoms with E-state index in [-0.39, 0.29) is 12.0 Å². The van der Waals surface area contributed by atoms with E-state index in [9.17, 15) is 10.1 Å². The number of hydrogen-bond acceptors (Lipinski definition) is 6. The number of likely N-dealkylation sites (N-methyl/N-ethyl adjacent to an activating group) is 1. The van der Waals surface area contributed by atoms with Crippen LogP contribution in [0.3, 0.4) is 0 Å². The molecule has 1 N–H and O–H groups in total. The van der Waals surface area contributed by atoms with Crippen LogP contribution in [0.4, 0.5) is 5.69 Å². The minimum absolute atomic E-state index is 0.0162. The molecule has 146 valence electrons. The van der Waals surface area contributed by atoms with Crippen molar-refractivity contribution >= 4 is 17.9 Å². The first-order valence-corrected chi connectivity index (χ1v) is 8.89. The number of piperidine rings is 1. The lowest BCUT2D eigenvalue weighted by atomic mass is 10.1. The largest absolute Gasteiger partial charge is 0.493 e. The standard InChI is InChI=1S/C19H27N5O3/c1-21-19(25)12-24-7-5-15(6-8-24)27-18-9-14(11-20)16(10-17(18)26-4)22-13-23(2)3/h9-10,13,15H,5-8,12H2,1-4H3,(H,21,25)/b22-13+. The molecule has 0 aromatic heterocycles. The maximum absolute atomic E-state index is 11.5. The van der Waals surface area contributed by atoms with Gasteiger partial charge in [0.15, 0.2) is 11.5 Å². The van der Waals surface area contributed by atoms with Gasteiger partial charge in [-0.2, -0.15) is 5.26 Å². The van der Waals surface area contributed by atoms with E-state index in [1.165, 1.54) is 0 Å². The highest BCUT2D eigenvalue weighted by atomic mass is 16.5. The summed E-state index contributed by atoms with van der Waals surface area (Å²) in [4.78, 5) is 19.7. The molecular formula is C19H27N5O3. The maximum Gasteiger partial charge on any atom is 0.233 e. The number of nitrogens with zero attached hydrogens (tertiary/aromatic N) is 4. The van der Waals surface area contributed by atoms with Crippen LogP contribution in [-0.4, -0.2) is 76.0 Å². The second kappa shape index (κ2) is 9.78. The molecule has 1 saturated heterocycles. The van der Waals surface area contributed by atoms with Crippen molar-refractivity contribution in [3.63, 3.8) is 0 Å². The monoisotopic (exact) mass is 373 g/mol. The lowest BCUT2D eigenvalue weighted by Gasteiger charge is -2.31. The molecule has 0 bridgehead atoms. The highest BCUT2D eigenvalue weighted by Gasteiger charge is 2.23. The van der Waals surface area contributed by atoms with Gasteiger partial charge in [0, 0.05) is 46.4 Å². The average molecular weight is 373 g/mol. The molecule has 0 unspecified atom stereocenters. The number of hydrogen-bond donors (Lipinski definition) is 1. The number of methoxy groups -OCH3 is 1. The smallest absolute Gasteiger partial charge is 0.233 e. The van der Waals surface area contributed by atoms with Crippen LogP contribution in [-0.2, 0) is 4.79 Å². The number of benzene rings is 1. The van der Waals surface area contributed by atoms with E-state index in [2.05, 4.69) is 21.3 Å². The second-order valence-corrected chi connectivity index (χ2v) is 6.61. The Morgan fingerprint density at radius 3 is 2.67 bits per heavy atom. The van der Waals surface area contributed by atoms with Crippen LogP contribution in [0.25, 0.3) is 0 Å². The Morgan fingerprint density at radius 2 is 2.11 bits per heavy atom. The fraction of sp³-hybridized carbons (Fsp3) is 0.526. The summed E-state index contributed by atoms with van der Waals surface area (Å²) in [6.45, 7) is 1.98. The quantitative estimate of drug-likeness (QED) is 0.574. The van der Waals surface area contributed by atoms with Crippen LogP contribution in [0.15, 0.2) is 17.1 Å². The summed E-state index contributed by atoms with van der Waals surface area (Å²) in [7, 11) is 6.94. The number of rotatable bonds is 7. The molecule has 1 aliphatic heterocycles. The van der Waals surface area contributed by atoms with Gasteiger partial charge in [-0.25, -0.2) is 4.99 Å². The Hall–Kier alpha value is -2.79. The van der Waals surface area contributed by atoms with Crippen LogP contribution in [0.1, 0.15) is 18.4 Å². The molecule has 27 heavy (non-hydrogen) atoms. The molecule has 1 aromatic rings. The van der Waals surface area contributed by atoms with Crippen LogP contribution in [0.5, 0.6) is 11.5 Å². The third kappa shape index (κ3) is 5.86. The van der Waals surface area contributed by atoms with Crippen molar-refractivity contribution < 1.29 is 14.3 Å². The molecule has 1 aliphatic rings. The first kappa shape index (κ1) is 20.5. The van der Waals surface area contributed by atoms with Crippen molar-refractivity contribution in [2.75, 3.05) is 47.9 Å². The van der Waals surface area contributed by atoms with Gasteiger partial charge in [-0.1, -0.05) is 0 Å². The van der Waals surface area contributed by atoms with Crippen molar-refractivity contribution in [2.24, 2.45) is 4.99 Å². The number of carbonyl (C=O) groups excluding carboxylic acids is 1. The van der Waals surface area contributed by atoms with E-state index in [1.807, 2.05) is 14.1 Å². The minimum Gasteiger partial charge on any atom is -0.493 e. The number of nitrogens with one attached hydrogen (secondary N) is 1. The Morgan fingerprint density at radius 1 is 1.41 bits per heavy atom. The highest BCUT2D eigenvalue weighted by Crippen LogP contribution is 2.36. The zero-order valence-corrected chi connectivity index (χ0v) is 16.4. The molecule has 8 heteroatoms. The average Bonchev–Trinajstić information content (AvgIpc) is 2.67. The third-order valence-corrected chi connectivity index (χ3v) is 4.30. The number of amides is 1. The molecule has 1 amide bonds. The van der Waals surface area contributed by atoms with Crippen molar-refractivity contribution in [1.82, 2.24) is 15.1 Å². The number of likely N-dealkylation sites (tertiary alicyclic amines) is 1. The number of aliphatic imine (C=N–C) groups is 1. The van der Waals surface area contributed by atoms with Crippen LogP contribution in [0.2, 0.25) is 0 Å². The summed E-state index contributed by atoms with van der Waals surface area (Å²) < 4.78 is 11.6. The van der Waals surface area contributed by atoms with E-state index in [4.69, 9.17) is 9.47 Å². The summed E-state index contributed by atoms with van der Waals surface area (Å²) >= 11 is 0. The SMILES string of the molecule is CNC(=O)CN1CCC(Oc2cc(C#N)c(/N=C/N(C)C)cc2OC)CC1. The maximum atomic E-state index is 11.5. The van der Waals surface area contributed by atoms with E-state index >= 15 is 0 Å². The molecule has 1 aromatic carbocycles. The fourth-order valence-electron chi connectivity index (χ4n) is 2.82. The molecule has 0 spiro atoms. The zero-order valence-electron chi connectivity index (χ0n) is 16.4. The van der Waals surface area contributed by atoms with Crippen LogP contribution < -0.4 is 14.8 Å². The van der Waals surface area contributed by atoms with Gasteiger partial charge in [0.1, 0.15) is 12.2 Å². The Kier molecular flexibility index (Phi) is 7.44. The van der Waals surface area contributed by atoms with E-state index < -0.39 is 0 Å². The fourth-order valence-corrected chi connectivity index (χ4v) is 2.82. The minimum atomic E-state index is 0.0162. The lowest BCUT2D eigenvalue weighted by molar-refractivity contribution is -0.122. The Balaban J connectivity index is 2.08. The van der Waals surface area contributed by atoms with E-state index in [0.717, 1.165) is 25.9 Å². The molecule has 1 fully saturated rings. The van der Waals surface area contributed by atoms with Crippen molar-refractivity contribution in [3.05, 3.63) is 17.7 Å². The van der Waals surface area contributed by atoms with Crippen molar-refractivity contribution in [3.8, 4) is 17.6 Å². The number of carbonyl (C=O) groups is 1. The number of ether oxygens (including phenoxy) is 2. The van der Waals surface area contributed by atoms with Gasteiger partial charge in [-0.05, 0) is 12.8 Å². The Labute approximate surface area is 160 Å². The molecule has 0 radical (unpaired) electrons. The Bertz CT molecular complexity index is 719. The summed E-state index contributed by atoms with van der Waals surface area (Å²) in [6, 6.07) is 5.56. The highest BCUT2D eigenvalue weighted by molar-refractivity contribution is 5.77. The number of nitriles is 1. The van der Waals surface area contributed by atoms with Gasteiger partial charge in [0.2, 0.25) is 5.91 Å². The summed E-state index contributed by atoms with van der Waals surface area (Å²) in [5.41, 5.74) is 0.969. The summed E-state index contributed by atoms with van der Waals surface area (Å²) in [5.74, 6) is 1.11. The van der Waals surface area contributed by atoms with Crippen LogP contribution in [0, 0.1) is 11.3 Å². The zero-order chi connectivity index (χ0) is 19.8. The summed E-state index contributed by atoms with van der Waals surface area (Å²) in [6.07, 6.45) is 3.27. The van der Waals surface area contributed by atoms with Crippen molar-refractivity contribution in [2.45, 2.75) is 18.9 Å². The van der Waals surface area contributed by atoms with Gasteiger partial charge in [0.05, 0.1) is 31.2 Å². The van der Waals surface area contributed by atoms with Crippen molar-refractivity contribution in [1.29, 1.82) is 5.26 Å². The van der Waals surface area contributed by atoms with Gasteiger partial charge in [-0.3, -0.25) is 9.69 Å². The van der Waals surface area contributed by atoms with Gasteiger partial charge in [-0.15, -0.1) is 0 Å². The molecule has 8 nitrogen and oxygen atoms in total. The van der Waals surface area contributed by atoms with Gasteiger partial charge >= 0.3 is 0 Å². The second-order valence-electron chi connectivity index (χ2n) is 6.61. The molecule has 0 atom stereocenters.